The average Bonchev–Trinajstić information content (AvgIpc) is 3.37. The Labute approximate surface area is 209 Å². The molecule has 5 rings (SSSR count). The largest absolute Gasteiger partial charge is 0.494 e. The Bertz CT molecular complexity index is 1270. The van der Waals surface area contributed by atoms with Gasteiger partial charge in [0.25, 0.3) is 11.5 Å². The monoisotopic (exact) mass is 490 g/mol. The summed E-state index contributed by atoms with van der Waals surface area (Å²) in [5.74, 6) is 1.56. The quantitative estimate of drug-likeness (QED) is 0.469. The van der Waals surface area contributed by atoms with Crippen molar-refractivity contribution in [3.8, 4) is 28.4 Å². The number of nitrogens with one attached hydrogen (secondary N) is 2. The summed E-state index contributed by atoms with van der Waals surface area (Å²) in [5, 5.41) is 2.79. The SMILES string of the molecule is CN1CCN(CCCOc2ccc(NC(=O)c3cc(-c4ccc5c(c4)OCO5)c[nH]c3=O)cc2)CC1. The van der Waals surface area contributed by atoms with Crippen molar-refractivity contribution in [1.82, 2.24) is 14.8 Å². The first-order chi connectivity index (χ1) is 17.5. The third-order valence-corrected chi connectivity index (χ3v) is 6.45. The van der Waals surface area contributed by atoms with Gasteiger partial charge in [0, 0.05) is 44.6 Å². The van der Waals surface area contributed by atoms with E-state index >= 15 is 0 Å². The zero-order valence-electron chi connectivity index (χ0n) is 20.3. The van der Waals surface area contributed by atoms with Gasteiger partial charge in [-0.15, -0.1) is 0 Å². The number of hydrogen-bond acceptors (Lipinski definition) is 7. The third kappa shape index (κ3) is 5.69. The number of piperazine rings is 1. The van der Waals surface area contributed by atoms with E-state index < -0.39 is 11.5 Å². The Kier molecular flexibility index (Phi) is 7.20. The molecule has 0 bridgehead atoms. The highest BCUT2D eigenvalue weighted by molar-refractivity contribution is 6.04. The molecule has 0 spiro atoms. The molecular formula is C27H30N4O5. The van der Waals surface area contributed by atoms with E-state index in [1.807, 2.05) is 24.3 Å². The van der Waals surface area contributed by atoms with Crippen molar-refractivity contribution in [2.75, 3.05) is 58.5 Å². The number of rotatable bonds is 8. The number of aromatic amines is 1. The fraction of sp³-hybridized carbons (Fsp3) is 0.333. The molecular weight excluding hydrogens is 460 g/mol. The summed E-state index contributed by atoms with van der Waals surface area (Å²) in [7, 11) is 2.16. The van der Waals surface area contributed by atoms with E-state index in [9.17, 15) is 9.59 Å². The van der Waals surface area contributed by atoms with Crippen molar-refractivity contribution in [3.63, 3.8) is 0 Å². The number of benzene rings is 2. The van der Waals surface area contributed by atoms with Crippen molar-refractivity contribution in [2.24, 2.45) is 0 Å². The Balaban J connectivity index is 1.16. The van der Waals surface area contributed by atoms with Gasteiger partial charge >= 0.3 is 0 Å². The standard InChI is InChI=1S/C27H30N4O5/c1-30-10-12-31(13-11-30)9-2-14-34-22-6-4-21(5-7-22)29-27(33)23-15-20(17-28-26(23)32)19-3-8-24-25(16-19)36-18-35-24/h3-8,15-17H,2,9-14,18H2,1H3,(H,28,32)(H,29,33). The van der Waals surface area contributed by atoms with Gasteiger partial charge in [-0.05, 0) is 67.1 Å². The molecule has 0 unspecified atom stereocenters. The van der Waals surface area contributed by atoms with E-state index in [2.05, 4.69) is 27.1 Å². The van der Waals surface area contributed by atoms with Gasteiger partial charge in [-0.2, -0.15) is 0 Å². The minimum atomic E-state index is -0.486. The van der Waals surface area contributed by atoms with Gasteiger partial charge in [-0.3, -0.25) is 9.59 Å². The van der Waals surface area contributed by atoms with Gasteiger partial charge in [-0.1, -0.05) is 6.07 Å². The summed E-state index contributed by atoms with van der Waals surface area (Å²) < 4.78 is 16.6. The number of nitrogens with zero attached hydrogens (tertiary/aromatic N) is 2. The first-order valence-electron chi connectivity index (χ1n) is 12.1. The summed E-state index contributed by atoms with van der Waals surface area (Å²) in [4.78, 5) is 32.7. The molecule has 9 heteroatoms. The molecule has 188 valence electrons. The third-order valence-electron chi connectivity index (χ3n) is 6.45. The van der Waals surface area contributed by atoms with Crippen molar-refractivity contribution >= 4 is 11.6 Å². The Morgan fingerprint density at radius 2 is 1.78 bits per heavy atom. The fourth-order valence-electron chi connectivity index (χ4n) is 4.28. The van der Waals surface area contributed by atoms with E-state index in [-0.39, 0.29) is 12.4 Å². The van der Waals surface area contributed by atoms with Gasteiger partial charge in [0.1, 0.15) is 11.3 Å². The van der Waals surface area contributed by atoms with Crippen LogP contribution < -0.4 is 25.1 Å². The number of ether oxygens (including phenoxy) is 3. The van der Waals surface area contributed by atoms with E-state index in [0.29, 0.717) is 29.4 Å². The number of H-pyrrole nitrogens is 1. The second kappa shape index (κ2) is 10.8. The van der Waals surface area contributed by atoms with Crippen molar-refractivity contribution in [3.05, 3.63) is 70.6 Å². The van der Waals surface area contributed by atoms with Gasteiger partial charge in [0.05, 0.1) is 6.61 Å². The second-order valence-electron chi connectivity index (χ2n) is 9.02. The van der Waals surface area contributed by atoms with Crippen LogP contribution in [0.3, 0.4) is 0 Å². The van der Waals surface area contributed by atoms with Crippen LogP contribution in [0.4, 0.5) is 5.69 Å². The summed E-state index contributed by atoms with van der Waals surface area (Å²) in [6, 6.07) is 14.2. The first kappa shape index (κ1) is 23.9. The predicted molar refractivity (Wildman–Crippen MR) is 137 cm³/mol. The topological polar surface area (TPSA) is 96.1 Å². The Morgan fingerprint density at radius 1 is 1.00 bits per heavy atom. The van der Waals surface area contributed by atoms with E-state index in [4.69, 9.17) is 14.2 Å². The molecule has 0 aliphatic carbocycles. The minimum absolute atomic E-state index is 0.0226. The number of likely N-dealkylation sites (N-methyl/N-ethyl adjacent to an activating group) is 1. The van der Waals surface area contributed by atoms with Crippen molar-refractivity contribution in [2.45, 2.75) is 6.42 Å². The molecule has 3 aromatic rings. The molecule has 1 fully saturated rings. The lowest BCUT2D eigenvalue weighted by atomic mass is 10.0. The molecule has 2 aliphatic rings. The van der Waals surface area contributed by atoms with E-state index in [1.165, 1.54) is 0 Å². The lowest BCUT2D eigenvalue weighted by Gasteiger charge is -2.32. The van der Waals surface area contributed by atoms with Gasteiger partial charge in [-0.25, -0.2) is 0 Å². The molecule has 2 N–H and O–H groups in total. The summed E-state index contributed by atoms with van der Waals surface area (Å²) in [6.07, 6.45) is 2.54. The van der Waals surface area contributed by atoms with Crippen LogP contribution in [0.15, 0.2) is 59.5 Å². The molecule has 0 radical (unpaired) electrons. The Morgan fingerprint density at radius 3 is 2.58 bits per heavy atom. The smallest absolute Gasteiger partial charge is 0.261 e. The minimum Gasteiger partial charge on any atom is -0.494 e. The number of carbonyl (C=O) groups is 1. The zero-order valence-corrected chi connectivity index (χ0v) is 20.3. The molecule has 0 saturated carbocycles. The van der Waals surface area contributed by atoms with Gasteiger partial charge in [0.2, 0.25) is 6.79 Å². The number of anilines is 1. The van der Waals surface area contributed by atoms with Crippen LogP contribution in [0, 0.1) is 0 Å². The summed E-state index contributed by atoms with van der Waals surface area (Å²) in [5.41, 5.74) is 1.64. The molecule has 0 atom stereocenters. The van der Waals surface area contributed by atoms with Crippen LogP contribution >= 0.6 is 0 Å². The van der Waals surface area contributed by atoms with Crippen molar-refractivity contribution < 1.29 is 19.0 Å². The lowest BCUT2D eigenvalue weighted by Crippen LogP contribution is -2.44. The number of hydrogen-bond donors (Lipinski definition) is 2. The van der Waals surface area contributed by atoms with Crippen LogP contribution in [0.5, 0.6) is 17.2 Å². The summed E-state index contributed by atoms with van der Waals surface area (Å²) in [6.45, 7) is 6.28. The Hall–Kier alpha value is -3.82. The number of aromatic nitrogens is 1. The molecule has 3 heterocycles. The van der Waals surface area contributed by atoms with E-state index in [0.717, 1.165) is 50.5 Å². The maximum atomic E-state index is 12.9. The molecule has 1 aromatic heterocycles. The molecule has 36 heavy (non-hydrogen) atoms. The predicted octanol–water partition coefficient (Wildman–Crippen LogP) is 3.04. The highest BCUT2D eigenvalue weighted by atomic mass is 16.7. The molecule has 9 nitrogen and oxygen atoms in total. The van der Waals surface area contributed by atoms with Crippen LogP contribution in [0.2, 0.25) is 0 Å². The van der Waals surface area contributed by atoms with Crippen LogP contribution in [-0.4, -0.2) is 73.9 Å². The maximum absolute atomic E-state index is 12.9. The number of pyridine rings is 1. The molecule has 1 amide bonds. The van der Waals surface area contributed by atoms with Crippen LogP contribution in [-0.2, 0) is 0 Å². The normalized spacial score (nSPS) is 15.6. The van der Waals surface area contributed by atoms with Gasteiger partial charge in [0.15, 0.2) is 11.5 Å². The number of amides is 1. The molecule has 2 aliphatic heterocycles. The van der Waals surface area contributed by atoms with E-state index in [1.54, 1.807) is 30.5 Å². The van der Waals surface area contributed by atoms with Crippen molar-refractivity contribution in [1.29, 1.82) is 0 Å². The maximum Gasteiger partial charge on any atom is 0.261 e. The van der Waals surface area contributed by atoms with Gasteiger partial charge < -0.3 is 34.3 Å². The molecule has 2 aromatic carbocycles. The second-order valence-corrected chi connectivity index (χ2v) is 9.02. The summed E-state index contributed by atoms with van der Waals surface area (Å²) >= 11 is 0. The zero-order chi connectivity index (χ0) is 24.9. The highest BCUT2D eigenvalue weighted by Gasteiger charge is 2.17. The van der Waals surface area contributed by atoms with Crippen LogP contribution in [0.25, 0.3) is 11.1 Å². The number of carbonyl (C=O) groups excluding carboxylic acids is 1. The first-order valence-corrected chi connectivity index (χ1v) is 12.1. The average molecular weight is 491 g/mol. The fourth-order valence-corrected chi connectivity index (χ4v) is 4.28. The number of fused-ring (bicyclic) bond motifs is 1. The lowest BCUT2D eigenvalue weighted by molar-refractivity contribution is 0.102. The molecule has 1 saturated heterocycles. The highest BCUT2D eigenvalue weighted by Crippen LogP contribution is 2.35. The van der Waals surface area contributed by atoms with Crippen LogP contribution in [0.1, 0.15) is 16.8 Å².